The van der Waals surface area contributed by atoms with Gasteiger partial charge in [0, 0.05) is 17.2 Å². The van der Waals surface area contributed by atoms with Crippen LogP contribution in [0.3, 0.4) is 0 Å². The fourth-order valence-corrected chi connectivity index (χ4v) is 3.02. The molecule has 1 aromatic carbocycles. The molecule has 0 saturated carbocycles. The van der Waals surface area contributed by atoms with Gasteiger partial charge < -0.3 is 10.1 Å². The van der Waals surface area contributed by atoms with Crippen LogP contribution in [0.1, 0.15) is 16.1 Å². The van der Waals surface area contributed by atoms with E-state index in [-0.39, 0.29) is 17.1 Å². The third kappa shape index (κ3) is 3.47. The number of benzene rings is 1. The highest BCUT2D eigenvalue weighted by Crippen LogP contribution is 2.14. The molecular weight excluding hydrogens is 348 g/mol. The number of aromatic amines is 1. The fourth-order valence-electron chi connectivity index (χ4n) is 1.56. The number of carbonyl (C=O) groups is 1. The Morgan fingerprint density at radius 1 is 1.35 bits per heavy atom. The lowest BCUT2D eigenvalue weighted by Gasteiger charge is -2.05. The molecule has 0 aliphatic rings. The lowest BCUT2D eigenvalue weighted by Crippen LogP contribution is -2.22. The maximum absolute atomic E-state index is 12.0. The molecule has 0 aliphatic heterocycles. The summed E-state index contributed by atoms with van der Waals surface area (Å²) < 4.78 is 27.2. The molecule has 0 bridgehead atoms. The highest BCUT2D eigenvalue weighted by molar-refractivity contribution is 9.10. The van der Waals surface area contributed by atoms with Gasteiger partial charge in [0.25, 0.3) is 0 Å². The van der Waals surface area contributed by atoms with E-state index in [0.717, 1.165) is 22.3 Å². The SMILES string of the molecule is O=C(O)c1cc(S(=O)(=O)NCc2cccc(Br)c2)c[nH]1. The van der Waals surface area contributed by atoms with Crippen molar-refractivity contribution in [2.45, 2.75) is 11.4 Å². The molecule has 0 spiro atoms. The van der Waals surface area contributed by atoms with Crippen molar-refractivity contribution >= 4 is 31.9 Å². The molecule has 0 fully saturated rings. The summed E-state index contributed by atoms with van der Waals surface area (Å²) >= 11 is 3.30. The Labute approximate surface area is 124 Å². The summed E-state index contributed by atoms with van der Waals surface area (Å²) in [6.07, 6.45) is 1.15. The van der Waals surface area contributed by atoms with Crippen molar-refractivity contribution < 1.29 is 18.3 Å². The number of hydrogen-bond acceptors (Lipinski definition) is 3. The number of H-pyrrole nitrogens is 1. The molecule has 1 heterocycles. The molecule has 20 heavy (non-hydrogen) atoms. The number of sulfonamides is 1. The first-order valence-electron chi connectivity index (χ1n) is 5.54. The second kappa shape index (κ2) is 5.78. The van der Waals surface area contributed by atoms with E-state index in [1.54, 1.807) is 18.2 Å². The maximum Gasteiger partial charge on any atom is 0.352 e. The van der Waals surface area contributed by atoms with Gasteiger partial charge in [-0.2, -0.15) is 0 Å². The van der Waals surface area contributed by atoms with Gasteiger partial charge in [-0.25, -0.2) is 17.9 Å². The second-order valence-electron chi connectivity index (χ2n) is 4.01. The molecule has 0 radical (unpaired) electrons. The summed E-state index contributed by atoms with van der Waals surface area (Å²) in [4.78, 5) is 13.0. The van der Waals surface area contributed by atoms with Gasteiger partial charge in [0.05, 0.1) is 0 Å². The molecule has 8 heteroatoms. The summed E-state index contributed by atoms with van der Waals surface area (Å²) in [7, 11) is -3.74. The van der Waals surface area contributed by atoms with Crippen LogP contribution < -0.4 is 4.72 Å². The van der Waals surface area contributed by atoms with Crippen molar-refractivity contribution in [1.29, 1.82) is 0 Å². The largest absolute Gasteiger partial charge is 0.477 e. The van der Waals surface area contributed by atoms with Gasteiger partial charge in [-0.3, -0.25) is 0 Å². The van der Waals surface area contributed by atoms with Gasteiger partial charge in [-0.15, -0.1) is 0 Å². The van der Waals surface area contributed by atoms with E-state index in [0.29, 0.717) is 0 Å². The lowest BCUT2D eigenvalue weighted by molar-refractivity contribution is 0.0691. The van der Waals surface area contributed by atoms with E-state index >= 15 is 0 Å². The molecule has 0 atom stereocenters. The first kappa shape index (κ1) is 14.8. The molecule has 0 amide bonds. The Morgan fingerprint density at radius 2 is 2.10 bits per heavy atom. The number of aromatic carboxylic acids is 1. The molecule has 3 N–H and O–H groups in total. The Kier molecular flexibility index (Phi) is 4.26. The average Bonchev–Trinajstić information content (AvgIpc) is 2.87. The van der Waals surface area contributed by atoms with E-state index in [4.69, 9.17) is 5.11 Å². The molecule has 0 aliphatic carbocycles. The van der Waals surface area contributed by atoms with Crippen LogP contribution in [-0.4, -0.2) is 24.5 Å². The van der Waals surface area contributed by atoms with Crippen molar-refractivity contribution in [3.8, 4) is 0 Å². The topological polar surface area (TPSA) is 99.3 Å². The summed E-state index contributed by atoms with van der Waals surface area (Å²) in [6.45, 7) is 0.120. The van der Waals surface area contributed by atoms with Gasteiger partial charge >= 0.3 is 5.97 Å². The minimum atomic E-state index is -3.74. The number of aromatic nitrogens is 1. The Hall–Kier alpha value is -1.64. The number of carboxylic acid groups (broad SMARTS) is 1. The zero-order valence-corrected chi connectivity index (χ0v) is 12.5. The van der Waals surface area contributed by atoms with Crippen molar-refractivity contribution in [1.82, 2.24) is 9.71 Å². The predicted molar refractivity (Wildman–Crippen MR) is 75.9 cm³/mol. The van der Waals surface area contributed by atoms with E-state index < -0.39 is 16.0 Å². The average molecular weight is 359 g/mol. The van der Waals surface area contributed by atoms with Crippen LogP contribution in [-0.2, 0) is 16.6 Å². The van der Waals surface area contributed by atoms with E-state index in [1.165, 1.54) is 0 Å². The minimum Gasteiger partial charge on any atom is -0.477 e. The number of rotatable bonds is 5. The highest BCUT2D eigenvalue weighted by atomic mass is 79.9. The standard InChI is InChI=1S/C12H11BrN2O4S/c13-9-3-1-2-8(4-9)6-15-20(18,19)10-5-11(12(16)17)14-7-10/h1-5,7,14-15H,6H2,(H,16,17). The number of hydrogen-bond donors (Lipinski definition) is 3. The zero-order valence-electron chi connectivity index (χ0n) is 10.1. The third-order valence-corrected chi connectivity index (χ3v) is 4.43. The monoisotopic (exact) mass is 358 g/mol. The number of halogens is 1. The predicted octanol–water partition coefficient (Wildman–Crippen LogP) is 1.95. The quantitative estimate of drug-likeness (QED) is 0.760. The molecule has 0 saturated heterocycles. The van der Waals surface area contributed by atoms with E-state index in [9.17, 15) is 13.2 Å². The Bertz CT molecular complexity index is 739. The summed E-state index contributed by atoms with van der Waals surface area (Å²) in [5, 5.41) is 8.75. The smallest absolute Gasteiger partial charge is 0.352 e. The second-order valence-corrected chi connectivity index (χ2v) is 6.69. The highest BCUT2D eigenvalue weighted by Gasteiger charge is 2.17. The van der Waals surface area contributed by atoms with Gasteiger partial charge in [0.1, 0.15) is 10.6 Å². The van der Waals surface area contributed by atoms with Crippen molar-refractivity contribution in [3.63, 3.8) is 0 Å². The van der Waals surface area contributed by atoms with E-state index in [2.05, 4.69) is 25.6 Å². The molecular formula is C12H11BrN2O4S. The summed E-state index contributed by atoms with van der Waals surface area (Å²) in [6, 6.07) is 8.29. The van der Waals surface area contributed by atoms with Crippen LogP contribution in [0.15, 0.2) is 45.9 Å². The Balaban J connectivity index is 2.12. The fraction of sp³-hybridized carbons (Fsp3) is 0.0833. The molecule has 106 valence electrons. The summed E-state index contributed by atoms with van der Waals surface area (Å²) in [5.41, 5.74) is 0.616. The first-order chi connectivity index (χ1) is 9.38. The van der Waals surface area contributed by atoms with Crippen LogP contribution in [0.25, 0.3) is 0 Å². The third-order valence-electron chi connectivity index (χ3n) is 2.55. The molecule has 1 aromatic heterocycles. The van der Waals surface area contributed by atoms with Crippen LogP contribution in [0, 0.1) is 0 Å². The molecule has 6 nitrogen and oxygen atoms in total. The van der Waals surface area contributed by atoms with Crippen LogP contribution in [0.2, 0.25) is 0 Å². The minimum absolute atomic E-state index is 0.107. The lowest BCUT2D eigenvalue weighted by atomic mass is 10.2. The van der Waals surface area contributed by atoms with Crippen molar-refractivity contribution in [2.24, 2.45) is 0 Å². The zero-order chi connectivity index (χ0) is 14.8. The molecule has 2 rings (SSSR count). The molecule has 0 unspecified atom stereocenters. The number of carboxylic acids is 1. The van der Waals surface area contributed by atoms with E-state index in [1.807, 2.05) is 6.07 Å². The molecule has 2 aromatic rings. The van der Waals surface area contributed by atoms with Gasteiger partial charge in [0.2, 0.25) is 10.0 Å². The summed E-state index contributed by atoms with van der Waals surface area (Å²) in [5.74, 6) is -1.21. The van der Waals surface area contributed by atoms with Crippen LogP contribution >= 0.6 is 15.9 Å². The maximum atomic E-state index is 12.0. The van der Waals surface area contributed by atoms with Gasteiger partial charge in [-0.1, -0.05) is 28.1 Å². The van der Waals surface area contributed by atoms with Crippen molar-refractivity contribution in [3.05, 3.63) is 52.3 Å². The first-order valence-corrected chi connectivity index (χ1v) is 7.82. The van der Waals surface area contributed by atoms with Crippen LogP contribution in [0.4, 0.5) is 0 Å². The van der Waals surface area contributed by atoms with Gasteiger partial charge in [-0.05, 0) is 23.8 Å². The normalized spacial score (nSPS) is 11.4. The van der Waals surface area contributed by atoms with Crippen LogP contribution in [0.5, 0.6) is 0 Å². The van der Waals surface area contributed by atoms with Crippen molar-refractivity contribution in [2.75, 3.05) is 0 Å². The Morgan fingerprint density at radius 3 is 2.70 bits per heavy atom. The number of nitrogens with one attached hydrogen (secondary N) is 2. The van der Waals surface area contributed by atoms with Gasteiger partial charge in [0.15, 0.2) is 0 Å².